The molecule has 0 aromatic heterocycles. The van der Waals surface area contributed by atoms with E-state index in [0.29, 0.717) is 0 Å². The fourth-order valence-electron chi connectivity index (χ4n) is 0.759. The van der Waals surface area contributed by atoms with E-state index in [2.05, 4.69) is 17.6 Å². The van der Waals surface area contributed by atoms with E-state index in [1.54, 1.807) is 12.1 Å². The molecular formula is C8H8ClN2S+. The topological polar surface area (TPSA) is 36.2 Å². The van der Waals surface area contributed by atoms with Gasteiger partial charge in [-0.05, 0) is 11.6 Å². The van der Waals surface area contributed by atoms with Crippen LogP contribution in [0.1, 0.15) is 5.56 Å². The molecule has 0 saturated heterocycles. The molecule has 0 saturated carbocycles. The number of hydrogen-bond donors (Lipinski definition) is 1. The molecule has 0 spiro atoms. The van der Waals surface area contributed by atoms with Crippen LogP contribution in [0.15, 0.2) is 35.3 Å². The minimum atomic E-state index is 0.149. The first-order valence-corrected chi connectivity index (χ1v) is 4.17. The van der Waals surface area contributed by atoms with Crippen LogP contribution in [0.3, 0.4) is 0 Å². The quantitative estimate of drug-likeness (QED) is 0.406. The van der Waals surface area contributed by atoms with Crippen molar-refractivity contribution in [3.63, 3.8) is 0 Å². The van der Waals surface area contributed by atoms with Crippen LogP contribution < -0.4 is 0 Å². The lowest BCUT2D eigenvalue weighted by Crippen LogP contribution is -1.96. The molecule has 0 radical (unpaired) electrons. The summed E-state index contributed by atoms with van der Waals surface area (Å²) in [6, 6.07) is 9.19. The zero-order chi connectivity index (χ0) is 8.97. The van der Waals surface area contributed by atoms with Gasteiger partial charge in [0.15, 0.2) is 5.84 Å². The Hall–Kier alpha value is -0.800. The minimum Gasteiger partial charge on any atom is -0.282 e. The van der Waals surface area contributed by atoms with Gasteiger partial charge < -0.3 is 0 Å². The summed E-state index contributed by atoms with van der Waals surface area (Å²) in [5, 5.41) is 7.46. The highest BCUT2D eigenvalue weighted by atomic mass is 35.5. The van der Waals surface area contributed by atoms with Crippen molar-refractivity contribution in [2.24, 2.45) is 4.99 Å². The zero-order valence-electron chi connectivity index (χ0n) is 6.21. The molecule has 1 aromatic carbocycles. The molecule has 0 aliphatic heterocycles. The number of halogens is 1. The average Bonchev–Trinajstić information content (AvgIpc) is 2.05. The summed E-state index contributed by atoms with van der Waals surface area (Å²) in [5.41, 5.74) is 0.744. The van der Waals surface area contributed by atoms with Gasteiger partial charge in [0.1, 0.15) is 0 Å². The van der Waals surface area contributed by atoms with Crippen LogP contribution in [0.25, 0.3) is 0 Å². The number of hydrogen-bond acceptors (Lipinski definition) is 1. The molecular weight excluding hydrogens is 192 g/mol. The van der Waals surface area contributed by atoms with E-state index in [9.17, 15) is 0 Å². The van der Waals surface area contributed by atoms with Gasteiger partial charge in [0, 0.05) is 18.2 Å². The summed E-state index contributed by atoms with van der Waals surface area (Å²) in [4.78, 5) is 3.73. The Morgan fingerprint density at radius 2 is 1.92 bits per heavy atom. The zero-order valence-corrected chi connectivity index (χ0v) is 7.97. The minimum absolute atomic E-state index is 0.149. The van der Waals surface area contributed by atoms with Crippen LogP contribution in [0.2, 0.25) is 0 Å². The van der Waals surface area contributed by atoms with Crippen LogP contribution in [0, 0.1) is 5.41 Å². The second kappa shape index (κ2) is 4.28. The van der Waals surface area contributed by atoms with Gasteiger partial charge in [-0.3, -0.25) is 5.41 Å². The van der Waals surface area contributed by atoms with Crippen molar-refractivity contribution in [1.82, 2.24) is 0 Å². The molecule has 1 rings (SSSR count). The maximum absolute atomic E-state index is 7.46. The number of nitrogens with zero attached hydrogens (tertiary/aromatic N) is 1. The fourth-order valence-corrected chi connectivity index (χ4v) is 0.955. The van der Waals surface area contributed by atoms with Gasteiger partial charge in [0.05, 0.1) is 0 Å². The number of benzene rings is 1. The molecule has 0 aliphatic rings. The molecule has 0 amide bonds. The van der Waals surface area contributed by atoms with Gasteiger partial charge in [-0.1, -0.05) is 30.3 Å². The highest BCUT2D eigenvalue weighted by Crippen LogP contribution is 2.01. The van der Waals surface area contributed by atoms with Crippen molar-refractivity contribution in [3.8, 4) is 0 Å². The van der Waals surface area contributed by atoms with E-state index in [0.717, 1.165) is 5.56 Å². The van der Waals surface area contributed by atoms with Crippen LogP contribution in [-0.4, -0.2) is 10.3 Å². The van der Waals surface area contributed by atoms with Gasteiger partial charge >= 0.3 is 4.50 Å². The van der Waals surface area contributed by atoms with E-state index in [4.69, 9.17) is 17.0 Å². The van der Waals surface area contributed by atoms with E-state index >= 15 is 0 Å². The second-order valence-corrected chi connectivity index (χ2v) is 3.27. The van der Waals surface area contributed by atoms with Crippen molar-refractivity contribution in [1.29, 1.82) is 5.41 Å². The van der Waals surface area contributed by atoms with Gasteiger partial charge in [-0.2, -0.15) is 4.99 Å². The Morgan fingerprint density at radius 3 is 2.42 bits per heavy atom. The second-order valence-electron chi connectivity index (χ2n) is 2.12. The molecule has 4 heteroatoms. The molecule has 0 atom stereocenters. The lowest BCUT2D eigenvalue weighted by Gasteiger charge is -1.94. The third-order valence-corrected chi connectivity index (χ3v) is 1.45. The lowest BCUT2D eigenvalue weighted by molar-refractivity contribution is 1.43. The standard InChI is InChI=1S/C8H7ClN2S/c9-8(12)11-7(10)6-4-2-1-3-5-6/h1-5H,(H2,10,11,12)/p+1. The summed E-state index contributed by atoms with van der Waals surface area (Å²) in [5.74, 6) is 0.149. The monoisotopic (exact) mass is 199 g/mol. The van der Waals surface area contributed by atoms with Crippen molar-refractivity contribution < 1.29 is 0 Å². The van der Waals surface area contributed by atoms with Gasteiger partial charge in [-0.15, -0.1) is 0 Å². The number of aliphatic imine (C=N–C) groups is 1. The highest BCUT2D eigenvalue weighted by molar-refractivity contribution is 7.82. The normalized spacial score (nSPS) is 11.3. The number of nitrogens with one attached hydrogen (secondary N) is 1. The van der Waals surface area contributed by atoms with Crippen molar-refractivity contribution in [2.75, 3.05) is 0 Å². The summed E-state index contributed by atoms with van der Waals surface area (Å²) in [6.07, 6.45) is 0. The molecule has 0 unspecified atom stereocenters. The van der Waals surface area contributed by atoms with Gasteiger partial charge in [0.25, 0.3) is 0 Å². The van der Waals surface area contributed by atoms with E-state index < -0.39 is 0 Å². The van der Waals surface area contributed by atoms with Crippen molar-refractivity contribution in [2.45, 2.75) is 0 Å². The van der Waals surface area contributed by atoms with E-state index in [-0.39, 0.29) is 10.3 Å². The lowest BCUT2D eigenvalue weighted by atomic mass is 10.2. The molecule has 2 nitrogen and oxygen atoms in total. The van der Waals surface area contributed by atoms with Gasteiger partial charge in [0.2, 0.25) is 0 Å². The first-order chi connectivity index (χ1) is 5.70. The summed E-state index contributed by atoms with van der Waals surface area (Å²) >= 11 is 8.44. The maximum Gasteiger partial charge on any atom is 0.314 e. The fraction of sp³-hybridized carbons (Fsp3) is 0. The Morgan fingerprint density at radius 1 is 1.33 bits per heavy atom. The summed E-state index contributed by atoms with van der Waals surface area (Å²) in [6.45, 7) is 0. The Bertz CT molecular complexity index is 304. The Balaban J connectivity index is 2.87. The largest absolute Gasteiger partial charge is 0.314 e. The molecule has 62 valence electrons. The van der Waals surface area contributed by atoms with Crippen LogP contribution in [-0.2, 0) is 12.6 Å². The molecule has 12 heavy (non-hydrogen) atoms. The predicted molar refractivity (Wildman–Crippen MR) is 56.7 cm³/mol. The number of rotatable bonds is 1. The molecule has 1 aromatic rings. The van der Waals surface area contributed by atoms with Crippen molar-refractivity contribution in [3.05, 3.63) is 35.9 Å². The average molecular weight is 200 g/mol. The Labute approximate surface area is 81.2 Å². The highest BCUT2D eigenvalue weighted by Gasteiger charge is 1.99. The van der Waals surface area contributed by atoms with Crippen LogP contribution in [0.4, 0.5) is 0 Å². The SMILES string of the molecule is N=C(N=C([SH2+])Cl)c1ccccc1. The van der Waals surface area contributed by atoms with Crippen LogP contribution in [0.5, 0.6) is 0 Å². The third kappa shape index (κ3) is 2.68. The van der Waals surface area contributed by atoms with E-state index in [1.807, 2.05) is 18.2 Å². The third-order valence-electron chi connectivity index (χ3n) is 1.26. The first-order valence-electron chi connectivity index (χ1n) is 3.30. The molecule has 0 fully saturated rings. The molecule has 0 bridgehead atoms. The first kappa shape index (κ1) is 9.29. The maximum atomic E-state index is 7.46. The molecule has 0 heterocycles. The smallest absolute Gasteiger partial charge is 0.282 e. The number of amidine groups is 1. The molecule has 0 aliphatic carbocycles. The van der Waals surface area contributed by atoms with Crippen LogP contribution >= 0.6 is 11.6 Å². The molecule has 1 N–H and O–H groups in total. The summed E-state index contributed by atoms with van der Waals surface area (Å²) < 4.78 is 0.184. The Kier molecular flexibility index (Phi) is 3.31. The summed E-state index contributed by atoms with van der Waals surface area (Å²) in [7, 11) is 0. The van der Waals surface area contributed by atoms with E-state index in [1.165, 1.54) is 0 Å². The predicted octanol–water partition coefficient (Wildman–Crippen LogP) is 1.62. The van der Waals surface area contributed by atoms with Gasteiger partial charge in [-0.25, -0.2) is 0 Å². The van der Waals surface area contributed by atoms with Crippen molar-refractivity contribution >= 4 is 34.6 Å².